The van der Waals surface area contributed by atoms with Gasteiger partial charge in [0.1, 0.15) is 0 Å². The smallest absolute Gasteiger partial charge is 0.0403 e. The van der Waals surface area contributed by atoms with Crippen LogP contribution in [0.25, 0.3) is 0 Å². The van der Waals surface area contributed by atoms with Crippen molar-refractivity contribution < 1.29 is 0 Å². The lowest BCUT2D eigenvalue weighted by molar-refractivity contribution is 0.775. The molecule has 0 bridgehead atoms. The second-order valence-electron chi connectivity index (χ2n) is 7.03. The molecule has 0 aliphatic heterocycles. The SMILES string of the molecule is CC(C)(PCCCCc1ccccn1)PCCCCc1ccccn1. The Balaban J connectivity index is 1.49. The molecule has 0 aliphatic carbocycles. The molecule has 0 aliphatic rings. The Labute approximate surface area is 157 Å². The van der Waals surface area contributed by atoms with Gasteiger partial charge in [0.2, 0.25) is 0 Å². The Kier molecular flexibility index (Phi) is 9.59. The average Bonchev–Trinajstić information content (AvgIpc) is 2.63. The maximum Gasteiger partial charge on any atom is 0.0403 e. The number of pyridine rings is 2. The molecule has 0 spiro atoms. The molecule has 0 saturated heterocycles. The van der Waals surface area contributed by atoms with Crippen molar-refractivity contribution in [1.29, 1.82) is 0 Å². The van der Waals surface area contributed by atoms with Gasteiger partial charge < -0.3 is 0 Å². The molecule has 0 amide bonds. The molecule has 0 N–H and O–H groups in total. The normalized spacial score (nSPS) is 12.6. The zero-order valence-electron chi connectivity index (χ0n) is 15.7. The van der Waals surface area contributed by atoms with E-state index in [2.05, 4.69) is 48.1 Å². The summed E-state index contributed by atoms with van der Waals surface area (Å²) in [5, 5.41) is 0. The van der Waals surface area contributed by atoms with Crippen LogP contribution in [0.3, 0.4) is 0 Å². The molecule has 2 atom stereocenters. The third-order valence-electron chi connectivity index (χ3n) is 4.31. The number of unbranched alkanes of at least 4 members (excludes halogenated alkanes) is 2. The van der Waals surface area contributed by atoms with Gasteiger partial charge in [-0.15, -0.1) is 17.2 Å². The van der Waals surface area contributed by atoms with Gasteiger partial charge in [-0.25, -0.2) is 0 Å². The van der Waals surface area contributed by atoms with Crippen molar-refractivity contribution in [2.24, 2.45) is 0 Å². The summed E-state index contributed by atoms with van der Waals surface area (Å²) in [7, 11) is 2.18. The molecule has 136 valence electrons. The molecule has 2 rings (SSSR count). The second kappa shape index (κ2) is 11.7. The molecule has 0 radical (unpaired) electrons. The lowest BCUT2D eigenvalue weighted by Gasteiger charge is -2.25. The summed E-state index contributed by atoms with van der Waals surface area (Å²) in [5.41, 5.74) is 2.47. The van der Waals surface area contributed by atoms with Crippen molar-refractivity contribution in [2.45, 2.75) is 57.3 Å². The van der Waals surface area contributed by atoms with Crippen molar-refractivity contribution in [1.82, 2.24) is 9.97 Å². The van der Waals surface area contributed by atoms with E-state index in [0.29, 0.717) is 4.90 Å². The van der Waals surface area contributed by atoms with Crippen LogP contribution in [0.15, 0.2) is 48.8 Å². The van der Waals surface area contributed by atoms with Gasteiger partial charge in [-0.3, -0.25) is 9.97 Å². The number of hydrogen-bond donors (Lipinski definition) is 0. The maximum atomic E-state index is 4.40. The Morgan fingerprint density at radius 1 is 0.720 bits per heavy atom. The summed E-state index contributed by atoms with van der Waals surface area (Å²) in [4.78, 5) is 9.35. The van der Waals surface area contributed by atoms with Crippen LogP contribution >= 0.6 is 17.2 Å². The molecule has 25 heavy (non-hydrogen) atoms. The number of nitrogens with zero attached hydrogens (tertiary/aromatic N) is 2. The number of aromatic nitrogens is 2. The first-order valence-electron chi connectivity index (χ1n) is 9.46. The molecule has 0 aromatic carbocycles. The molecule has 2 unspecified atom stereocenters. The highest BCUT2D eigenvalue weighted by atomic mass is 31.1. The van der Waals surface area contributed by atoms with Gasteiger partial charge in [0.05, 0.1) is 0 Å². The molecule has 0 fully saturated rings. The van der Waals surface area contributed by atoms with E-state index in [4.69, 9.17) is 0 Å². The minimum absolute atomic E-state index is 0.538. The van der Waals surface area contributed by atoms with Crippen molar-refractivity contribution in [3.8, 4) is 0 Å². The van der Waals surface area contributed by atoms with Crippen molar-refractivity contribution in [3.63, 3.8) is 0 Å². The van der Waals surface area contributed by atoms with Gasteiger partial charge in [-0.2, -0.15) is 0 Å². The summed E-state index contributed by atoms with van der Waals surface area (Å²) in [6.07, 6.45) is 14.0. The molecule has 2 nitrogen and oxygen atoms in total. The van der Waals surface area contributed by atoms with E-state index >= 15 is 0 Å². The first-order chi connectivity index (χ1) is 12.2. The van der Waals surface area contributed by atoms with Gasteiger partial charge in [0.25, 0.3) is 0 Å². The van der Waals surface area contributed by atoms with Crippen LogP contribution in [0.1, 0.15) is 50.9 Å². The van der Waals surface area contributed by atoms with E-state index in [1.165, 1.54) is 49.4 Å². The highest BCUT2D eigenvalue weighted by Crippen LogP contribution is 2.46. The monoisotopic (exact) mass is 374 g/mol. The molecule has 2 aromatic rings. The van der Waals surface area contributed by atoms with Crippen LogP contribution in [0, 0.1) is 0 Å². The number of rotatable bonds is 12. The topological polar surface area (TPSA) is 25.8 Å². The summed E-state index contributed by atoms with van der Waals surface area (Å²) in [6, 6.07) is 12.4. The highest BCUT2D eigenvalue weighted by Gasteiger charge is 2.16. The Hall–Kier alpha value is -0.840. The fraction of sp³-hybridized carbons (Fsp3) is 0.524. The summed E-state index contributed by atoms with van der Waals surface area (Å²) < 4.78 is 0. The predicted octanol–water partition coefficient (Wildman–Crippen LogP) is 5.92. The second-order valence-corrected chi connectivity index (χ2v) is 11.7. The zero-order chi connectivity index (χ0) is 17.8. The summed E-state index contributed by atoms with van der Waals surface area (Å²) >= 11 is 0. The van der Waals surface area contributed by atoms with Crippen LogP contribution in [0.5, 0.6) is 0 Å². The Morgan fingerprint density at radius 3 is 1.60 bits per heavy atom. The predicted molar refractivity (Wildman–Crippen MR) is 115 cm³/mol. The lowest BCUT2D eigenvalue weighted by atomic mass is 10.2. The van der Waals surface area contributed by atoms with Crippen LogP contribution in [0.2, 0.25) is 0 Å². The first-order valence-corrected chi connectivity index (χ1v) is 11.9. The Bertz CT molecular complexity index is 521. The fourth-order valence-corrected chi connectivity index (χ4v) is 6.17. The lowest BCUT2D eigenvalue weighted by Crippen LogP contribution is -2.06. The van der Waals surface area contributed by atoms with E-state index in [1.807, 2.05) is 24.5 Å². The van der Waals surface area contributed by atoms with Crippen LogP contribution < -0.4 is 0 Å². The van der Waals surface area contributed by atoms with Crippen LogP contribution in [-0.4, -0.2) is 27.2 Å². The summed E-state index contributed by atoms with van der Waals surface area (Å²) in [6.45, 7) is 4.92. The average molecular weight is 374 g/mol. The molecule has 2 aromatic heterocycles. The minimum atomic E-state index is 0.538. The van der Waals surface area contributed by atoms with Crippen LogP contribution in [-0.2, 0) is 12.8 Å². The molecular formula is C21H32N2P2. The van der Waals surface area contributed by atoms with Crippen LogP contribution in [0.4, 0.5) is 0 Å². The number of hydrogen-bond acceptors (Lipinski definition) is 2. The molecule has 2 heterocycles. The van der Waals surface area contributed by atoms with Gasteiger partial charge >= 0.3 is 0 Å². The van der Waals surface area contributed by atoms with E-state index in [-0.39, 0.29) is 0 Å². The van der Waals surface area contributed by atoms with E-state index in [0.717, 1.165) is 30.0 Å². The minimum Gasteiger partial charge on any atom is -0.261 e. The third-order valence-corrected chi connectivity index (χ3v) is 8.34. The van der Waals surface area contributed by atoms with E-state index in [1.54, 1.807) is 0 Å². The quantitative estimate of drug-likeness (QED) is 0.341. The van der Waals surface area contributed by atoms with Crippen molar-refractivity contribution in [2.75, 3.05) is 12.3 Å². The molecule has 0 saturated carbocycles. The first kappa shape index (κ1) is 20.5. The molecule has 4 heteroatoms. The maximum absolute atomic E-state index is 4.40. The van der Waals surface area contributed by atoms with Crippen molar-refractivity contribution in [3.05, 3.63) is 60.2 Å². The van der Waals surface area contributed by atoms with E-state index < -0.39 is 0 Å². The highest BCUT2D eigenvalue weighted by molar-refractivity contribution is 7.59. The fourth-order valence-electron chi connectivity index (χ4n) is 2.82. The summed E-state index contributed by atoms with van der Waals surface area (Å²) in [5.74, 6) is 0. The Morgan fingerprint density at radius 2 is 1.20 bits per heavy atom. The molecular weight excluding hydrogens is 342 g/mol. The van der Waals surface area contributed by atoms with Crippen molar-refractivity contribution >= 4 is 17.2 Å². The van der Waals surface area contributed by atoms with Gasteiger partial charge in [-0.05, 0) is 80.0 Å². The van der Waals surface area contributed by atoms with Gasteiger partial charge in [0, 0.05) is 23.8 Å². The largest absolute Gasteiger partial charge is 0.261 e. The number of aryl methyl sites for hydroxylation is 2. The van der Waals surface area contributed by atoms with E-state index in [9.17, 15) is 0 Å². The third kappa shape index (κ3) is 9.43. The zero-order valence-corrected chi connectivity index (χ0v) is 17.7. The standard InChI is InChI=1S/C21H32N2P2/c1-21(2,24-17-9-5-13-19-11-3-7-15-22-19)25-18-10-6-14-20-12-4-8-16-23-20/h3-4,7-8,11-12,15-16,24-25H,5-6,9-10,13-14,17-18H2,1-2H3. The van der Waals surface area contributed by atoms with Gasteiger partial charge in [0.15, 0.2) is 0 Å². The van der Waals surface area contributed by atoms with Gasteiger partial charge in [-0.1, -0.05) is 26.0 Å².